The van der Waals surface area contributed by atoms with Crippen molar-refractivity contribution in [3.63, 3.8) is 0 Å². The number of rotatable bonds is 3. The molecule has 7 nitrogen and oxygen atoms in total. The van der Waals surface area contributed by atoms with Crippen molar-refractivity contribution in [3.05, 3.63) is 0 Å². The SMILES string of the molecule is CC1CCN(S(=O)(=O)N2CCNCC2C(=O)O)CC1. The van der Waals surface area contributed by atoms with Crippen LogP contribution in [0.5, 0.6) is 0 Å². The highest BCUT2D eigenvalue weighted by molar-refractivity contribution is 7.86. The predicted molar refractivity (Wildman–Crippen MR) is 69.9 cm³/mol. The normalized spacial score (nSPS) is 28.4. The van der Waals surface area contributed by atoms with E-state index in [1.807, 2.05) is 0 Å². The molecule has 2 aliphatic rings. The maximum atomic E-state index is 12.5. The minimum Gasteiger partial charge on any atom is -0.480 e. The summed E-state index contributed by atoms with van der Waals surface area (Å²) in [5.74, 6) is -0.564. The number of piperazine rings is 1. The molecule has 0 aromatic carbocycles. The fourth-order valence-electron chi connectivity index (χ4n) is 2.54. The summed E-state index contributed by atoms with van der Waals surface area (Å²) in [6.45, 7) is 3.95. The summed E-state index contributed by atoms with van der Waals surface area (Å²) in [5.41, 5.74) is 0. The highest BCUT2D eigenvalue weighted by Crippen LogP contribution is 2.22. The summed E-state index contributed by atoms with van der Waals surface area (Å²) in [4.78, 5) is 11.2. The number of hydrogen-bond acceptors (Lipinski definition) is 4. The molecule has 2 heterocycles. The second kappa shape index (κ2) is 5.74. The van der Waals surface area contributed by atoms with Crippen LogP contribution in [-0.4, -0.2) is 66.9 Å². The van der Waals surface area contributed by atoms with Crippen LogP contribution in [0.4, 0.5) is 0 Å². The van der Waals surface area contributed by atoms with Crippen molar-refractivity contribution in [3.8, 4) is 0 Å². The van der Waals surface area contributed by atoms with E-state index in [0.29, 0.717) is 25.6 Å². The first kappa shape index (κ1) is 14.7. The number of carboxylic acids is 1. The Kier molecular flexibility index (Phi) is 4.44. The Morgan fingerprint density at radius 1 is 1.26 bits per heavy atom. The van der Waals surface area contributed by atoms with Crippen LogP contribution in [0.25, 0.3) is 0 Å². The van der Waals surface area contributed by atoms with E-state index in [4.69, 9.17) is 5.11 Å². The molecule has 19 heavy (non-hydrogen) atoms. The molecule has 0 aliphatic carbocycles. The lowest BCUT2D eigenvalue weighted by Crippen LogP contribution is -2.60. The lowest BCUT2D eigenvalue weighted by Gasteiger charge is -2.38. The zero-order valence-electron chi connectivity index (χ0n) is 11.1. The van der Waals surface area contributed by atoms with Gasteiger partial charge in [0.05, 0.1) is 0 Å². The average Bonchev–Trinajstić information content (AvgIpc) is 2.39. The molecule has 0 saturated carbocycles. The monoisotopic (exact) mass is 291 g/mol. The molecular weight excluding hydrogens is 270 g/mol. The second-order valence-electron chi connectivity index (χ2n) is 5.26. The minimum atomic E-state index is -3.66. The molecule has 2 N–H and O–H groups in total. The highest BCUT2D eigenvalue weighted by Gasteiger charge is 2.40. The van der Waals surface area contributed by atoms with Gasteiger partial charge in [-0.05, 0) is 18.8 Å². The van der Waals surface area contributed by atoms with Crippen molar-refractivity contribution < 1.29 is 18.3 Å². The molecule has 2 rings (SSSR count). The Hall–Kier alpha value is -0.700. The lowest BCUT2D eigenvalue weighted by atomic mass is 10.0. The molecule has 8 heteroatoms. The van der Waals surface area contributed by atoms with E-state index >= 15 is 0 Å². The van der Waals surface area contributed by atoms with E-state index in [9.17, 15) is 13.2 Å². The van der Waals surface area contributed by atoms with Gasteiger partial charge in [-0.3, -0.25) is 4.79 Å². The molecule has 2 fully saturated rings. The van der Waals surface area contributed by atoms with Gasteiger partial charge in [-0.15, -0.1) is 0 Å². The van der Waals surface area contributed by atoms with Crippen LogP contribution in [0.1, 0.15) is 19.8 Å². The Labute approximate surface area is 113 Å². The Morgan fingerprint density at radius 2 is 1.89 bits per heavy atom. The van der Waals surface area contributed by atoms with Gasteiger partial charge in [0.1, 0.15) is 6.04 Å². The first-order chi connectivity index (χ1) is 8.93. The van der Waals surface area contributed by atoms with Gasteiger partial charge >= 0.3 is 5.97 Å². The smallest absolute Gasteiger partial charge is 0.323 e. The first-order valence-corrected chi connectivity index (χ1v) is 8.03. The Balaban J connectivity index is 2.15. The third-order valence-electron chi connectivity index (χ3n) is 3.84. The topological polar surface area (TPSA) is 90.0 Å². The molecular formula is C11H21N3O4S. The summed E-state index contributed by atoms with van der Waals surface area (Å²) in [7, 11) is -3.66. The van der Waals surface area contributed by atoms with E-state index < -0.39 is 22.2 Å². The molecule has 0 aromatic rings. The molecule has 0 radical (unpaired) electrons. The number of nitrogens with zero attached hydrogens (tertiary/aromatic N) is 2. The maximum absolute atomic E-state index is 12.5. The predicted octanol–water partition coefficient (Wildman–Crippen LogP) is -0.678. The zero-order valence-corrected chi connectivity index (χ0v) is 11.9. The molecule has 2 aliphatic heterocycles. The lowest BCUT2D eigenvalue weighted by molar-refractivity contribution is -0.141. The summed E-state index contributed by atoms with van der Waals surface area (Å²) >= 11 is 0. The third-order valence-corrected chi connectivity index (χ3v) is 5.89. The van der Waals surface area contributed by atoms with Crippen LogP contribution in [0.3, 0.4) is 0 Å². The molecule has 2 saturated heterocycles. The Morgan fingerprint density at radius 3 is 2.47 bits per heavy atom. The van der Waals surface area contributed by atoms with Crippen LogP contribution in [0.2, 0.25) is 0 Å². The number of piperidine rings is 1. The van der Waals surface area contributed by atoms with Gasteiger partial charge in [0, 0.05) is 32.7 Å². The molecule has 1 unspecified atom stereocenters. The van der Waals surface area contributed by atoms with Gasteiger partial charge in [-0.1, -0.05) is 6.92 Å². The largest absolute Gasteiger partial charge is 0.480 e. The number of carboxylic acid groups (broad SMARTS) is 1. The van der Waals surface area contributed by atoms with Gasteiger partial charge in [-0.2, -0.15) is 17.0 Å². The van der Waals surface area contributed by atoms with E-state index in [1.54, 1.807) is 0 Å². The third kappa shape index (κ3) is 3.07. The van der Waals surface area contributed by atoms with Gasteiger partial charge in [-0.25, -0.2) is 0 Å². The molecule has 0 spiro atoms. The maximum Gasteiger partial charge on any atom is 0.323 e. The summed E-state index contributed by atoms with van der Waals surface area (Å²) in [5, 5.41) is 12.1. The molecule has 1 atom stereocenters. The molecule has 0 amide bonds. The fraction of sp³-hybridized carbons (Fsp3) is 0.909. The van der Waals surface area contributed by atoms with Crippen LogP contribution in [0.15, 0.2) is 0 Å². The van der Waals surface area contributed by atoms with E-state index in [0.717, 1.165) is 17.1 Å². The highest BCUT2D eigenvalue weighted by atomic mass is 32.2. The van der Waals surface area contributed by atoms with Crippen LogP contribution in [-0.2, 0) is 15.0 Å². The van der Waals surface area contributed by atoms with E-state index in [-0.39, 0.29) is 13.1 Å². The number of carbonyl (C=O) groups is 1. The number of hydrogen-bond donors (Lipinski definition) is 2. The van der Waals surface area contributed by atoms with Crippen LogP contribution < -0.4 is 5.32 Å². The Bertz CT molecular complexity index is 431. The number of aliphatic carboxylic acids is 1. The summed E-state index contributed by atoms with van der Waals surface area (Å²) in [6, 6.07) is -1.00. The van der Waals surface area contributed by atoms with Crippen LogP contribution >= 0.6 is 0 Å². The van der Waals surface area contributed by atoms with Crippen molar-refractivity contribution in [2.24, 2.45) is 5.92 Å². The van der Waals surface area contributed by atoms with Gasteiger partial charge in [0.15, 0.2) is 0 Å². The fourth-order valence-corrected chi connectivity index (χ4v) is 4.31. The van der Waals surface area contributed by atoms with Crippen molar-refractivity contribution >= 4 is 16.2 Å². The standard InChI is InChI=1S/C11H21N3O4S/c1-9-2-5-13(6-3-9)19(17,18)14-7-4-12-8-10(14)11(15)16/h9-10,12H,2-8H2,1H3,(H,15,16). The summed E-state index contributed by atoms with van der Waals surface area (Å²) in [6.07, 6.45) is 1.67. The van der Waals surface area contributed by atoms with Crippen molar-refractivity contribution in [1.29, 1.82) is 0 Å². The molecule has 0 aromatic heterocycles. The van der Waals surface area contributed by atoms with Crippen LogP contribution in [0, 0.1) is 5.92 Å². The number of nitrogens with one attached hydrogen (secondary N) is 1. The minimum absolute atomic E-state index is 0.165. The molecule has 110 valence electrons. The first-order valence-electron chi connectivity index (χ1n) is 6.63. The average molecular weight is 291 g/mol. The van der Waals surface area contributed by atoms with Crippen molar-refractivity contribution in [2.75, 3.05) is 32.7 Å². The van der Waals surface area contributed by atoms with E-state index in [1.165, 1.54) is 4.31 Å². The van der Waals surface area contributed by atoms with E-state index in [2.05, 4.69) is 12.2 Å². The van der Waals surface area contributed by atoms with Gasteiger partial charge < -0.3 is 10.4 Å². The summed E-state index contributed by atoms with van der Waals surface area (Å²) < 4.78 is 27.6. The van der Waals surface area contributed by atoms with Gasteiger partial charge in [0.25, 0.3) is 10.2 Å². The van der Waals surface area contributed by atoms with Gasteiger partial charge in [0.2, 0.25) is 0 Å². The zero-order chi connectivity index (χ0) is 14.0. The van der Waals surface area contributed by atoms with Crippen molar-refractivity contribution in [1.82, 2.24) is 13.9 Å². The molecule has 0 bridgehead atoms. The van der Waals surface area contributed by atoms with Crippen molar-refractivity contribution in [2.45, 2.75) is 25.8 Å². The quantitative estimate of drug-likeness (QED) is 0.719. The second-order valence-corrected chi connectivity index (χ2v) is 7.14.